The zero-order valence-electron chi connectivity index (χ0n) is 7.35. The maximum atomic E-state index is 13.0. The fourth-order valence-corrected chi connectivity index (χ4v) is 1.28. The van der Waals surface area contributed by atoms with Gasteiger partial charge in [-0.2, -0.15) is 0 Å². The second-order valence-corrected chi connectivity index (χ2v) is 2.98. The molecule has 1 aliphatic rings. The van der Waals surface area contributed by atoms with Crippen LogP contribution in [0.1, 0.15) is 11.7 Å². The lowest BCUT2D eigenvalue weighted by molar-refractivity contribution is 0.186. The Morgan fingerprint density at radius 3 is 2.79 bits per heavy atom. The molecule has 72 valence electrons. The van der Waals surface area contributed by atoms with E-state index in [0.717, 1.165) is 0 Å². The van der Waals surface area contributed by atoms with Gasteiger partial charge in [0.2, 0.25) is 0 Å². The molecule has 0 aromatic heterocycles. The van der Waals surface area contributed by atoms with Crippen molar-refractivity contribution in [1.82, 2.24) is 0 Å². The van der Waals surface area contributed by atoms with Crippen molar-refractivity contribution in [3.05, 3.63) is 54.1 Å². The maximum Gasteiger partial charge on any atom is 0.165 e. The Balaban J connectivity index is 2.28. The van der Waals surface area contributed by atoms with Gasteiger partial charge >= 0.3 is 0 Å². The molecule has 1 N–H and O–H groups in total. The Hall–Kier alpha value is -1.77. The molecule has 3 heteroatoms. The highest BCUT2D eigenvalue weighted by Gasteiger charge is 2.11. The Labute approximate surface area is 80.9 Å². The molecular formula is C11H9FO2. The average molecular weight is 192 g/mol. The van der Waals surface area contributed by atoms with Crippen molar-refractivity contribution in [2.75, 3.05) is 0 Å². The van der Waals surface area contributed by atoms with Gasteiger partial charge in [0.25, 0.3) is 0 Å². The van der Waals surface area contributed by atoms with Crippen molar-refractivity contribution in [2.24, 2.45) is 0 Å². The minimum absolute atomic E-state index is 0.268. The number of benzene rings is 1. The number of hydrogen-bond acceptors (Lipinski definition) is 2. The van der Waals surface area contributed by atoms with Crippen LogP contribution in [0.2, 0.25) is 0 Å². The minimum Gasteiger partial charge on any atom is -0.505 e. The van der Waals surface area contributed by atoms with Crippen LogP contribution in [0.4, 0.5) is 4.39 Å². The van der Waals surface area contributed by atoms with Crippen LogP contribution in [0.25, 0.3) is 0 Å². The molecule has 0 saturated heterocycles. The number of aromatic hydroxyl groups is 1. The Kier molecular flexibility index (Phi) is 2.23. The third-order valence-corrected chi connectivity index (χ3v) is 2.00. The summed E-state index contributed by atoms with van der Waals surface area (Å²) in [5, 5.41) is 8.99. The molecule has 0 aliphatic carbocycles. The zero-order valence-corrected chi connectivity index (χ0v) is 7.35. The van der Waals surface area contributed by atoms with Crippen LogP contribution >= 0.6 is 0 Å². The summed E-state index contributed by atoms with van der Waals surface area (Å²) in [7, 11) is 0. The van der Waals surface area contributed by atoms with Gasteiger partial charge in [-0.05, 0) is 29.8 Å². The van der Waals surface area contributed by atoms with Crippen LogP contribution in [-0.2, 0) is 4.74 Å². The van der Waals surface area contributed by atoms with Crippen LogP contribution in [0.5, 0.6) is 5.75 Å². The SMILES string of the molecule is Oc1ccc(C2C=CC=CO2)cc1F. The summed E-state index contributed by atoms with van der Waals surface area (Å²) in [5.41, 5.74) is 0.681. The van der Waals surface area contributed by atoms with Crippen molar-refractivity contribution in [1.29, 1.82) is 0 Å². The van der Waals surface area contributed by atoms with Crippen molar-refractivity contribution < 1.29 is 14.2 Å². The minimum atomic E-state index is -0.631. The van der Waals surface area contributed by atoms with Crippen LogP contribution in [0.15, 0.2) is 42.7 Å². The molecule has 0 amide bonds. The van der Waals surface area contributed by atoms with Crippen LogP contribution in [-0.4, -0.2) is 5.11 Å². The van der Waals surface area contributed by atoms with Crippen molar-refractivity contribution in [3.63, 3.8) is 0 Å². The number of ether oxygens (including phenoxy) is 1. The van der Waals surface area contributed by atoms with Crippen molar-refractivity contribution in [3.8, 4) is 5.75 Å². The first-order chi connectivity index (χ1) is 6.77. The van der Waals surface area contributed by atoms with Gasteiger partial charge in [0.05, 0.1) is 6.26 Å². The molecule has 14 heavy (non-hydrogen) atoms. The first-order valence-corrected chi connectivity index (χ1v) is 4.24. The van der Waals surface area contributed by atoms with E-state index in [4.69, 9.17) is 9.84 Å². The molecule has 0 spiro atoms. The molecule has 1 heterocycles. The Morgan fingerprint density at radius 1 is 1.29 bits per heavy atom. The highest BCUT2D eigenvalue weighted by Crippen LogP contribution is 2.25. The summed E-state index contributed by atoms with van der Waals surface area (Å²) < 4.78 is 18.2. The van der Waals surface area contributed by atoms with E-state index in [1.807, 2.05) is 12.2 Å². The standard InChI is InChI=1S/C11H9FO2/c12-9-7-8(4-5-10(9)13)11-3-1-2-6-14-11/h1-7,11,13H. The molecule has 1 unspecified atom stereocenters. The topological polar surface area (TPSA) is 29.5 Å². The molecular weight excluding hydrogens is 183 g/mol. The normalized spacial score (nSPS) is 19.4. The van der Waals surface area contributed by atoms with E-state index in [0.29, 0.717) is 5.56 Å². The van der Waals surface area contributed by atoms with Crippen LogP contribution in [0.3, 0.4) is 0 Å². The fourth-order valence-electron chi connectivity index (χ4n) is 1.28. The number of hydrogen-bond donors (Lipinski definition) is 1. The Bertz CT molecular complexity index is 396. The molecule has 1 aromatic carbocycles. The van der Waals surface area contributed by atoms with Gasteiger partial charge in [-0.1, -0.05) is 12.1 Å². The number of phenols is 1. The molecule has 1 atom stereocenters. The number of rotatable bonds is 1. The molecule has 0 radical (unpaired) electrons. The maximum absolute atomic E-state index is 13.0. The third-order valence-electron chi connectivity index (χ3n) is 2.00. The highest BCUT2D eigenvalue weighted by atomic mass is 19.1. The first-order valence-electron chi connectivity index (χ1n) is 4.24. The van der Waals surface area contributed by atoms with E-state index in [1.165, 1.54) is 12.1 Å². The van der Waals surface area contributed by atoms with Crippen LogP contribution < -0.4 is 0 Å². The quantitative estimate of drug-likeness (QED) is 0.741. The predicted molar refractivity (Wildman–Crippen MR) is 50.2 cm³/mol. The smallest absolute Gasteiger partial charge is 0.165 e. The fraction of sp³-hybridized carbons (Fsp3) is 0.0909. The molecule has 0 fully saturated rings. The lowest BCUT2D eigenvalue weighted by Crippen LogP contribution is -1.99. The molecule has 2 nitrogen and oxygen atoms in total. The second kappa shape index (κ2) is 3.54. The molecule has 1 aromatic rings. The lowest BCUT2D eigenvalue weighted by Gasteiger charge is -2.15. The third kappa shape index (κ3) is 1.62. The summed E-state index contributed by atoms with van der Waals surface area (Å²) in [4.78, 5) is 0. The molecule has 0 bridgehead atoms. The first kappa shape index (κ1) is 8.81. The predicted octanol–water partition coefficient (Wildman–Crippen LogP) is 2.67. The summed E-state index contributed by atoms with van der Waals surface area (Å²) in [6, 6.07) is 4.22. The number of halogens is 1. The van der Waals surface area contributed by atoms with Crippen molar-refractivity contribution in [2.45, 2.75) is 6.10 Å². The Morgan fingerprint density at radius 2 is 2.14 bits per heavy atom. The summed E-state index contributed by atoms with van der Waals surface area (Å²) in [5.74, 6) is -0.974. The monoisotopic (exact) mass is 192 g/mol. The van der Waals surface area contributed by atoms with E-state index >= 15 is 0 Å². The van der Waals surface area contributed by atoms with Gasteiger partial charge in [-0.3, -0.25) is 0 Å². The van der Waals surface area contributed by atoms with Crippen molar-refractivity contribution >= 4 is 0 Å². The van der Waals surface area contributed by atoms with Gasteiger partial charge in [0.15, 0.2) is 11.6 Å². The van der Waals surface area contributed by atoms with E-state index in [9.17, 15) is 4.39 Å². The van der Waals surface area contributed by atoms with Crippen LogP contribution in [0, 0.1) is 5.82 Å². The zero-order chi connectivity index (χ0) is 9.97. The number of allylic oxidation sites excluding steroid dienone is 2. The van der Waals surface area contributed by atoms with Gasteiger partial charge in [-0.15, -0.1) is 0 Å². The largest absolute Gasteiger partial charge is 0.505 e. The summed E-state index contributed by atoms with van der Waals surface area (Å²) in [6.45, 7) is 0. The summed E-state index contributed by atoms with van der Waals surface area (Å²) >= 11 is 0. The van der Waals surface area contributed by atoms with Gasteiger partial charge in [0, 0.05) is 0 Å². The van der Waals surface area contributed by atoms with E-state index in [-0.39, 0.29) is 11.9 Å². The van der Waals surface area contributed by atoms with E-state index in [1.54, 1.807) is 18.4 Å². The molecule has 2 rings (SSSR count). The highest BCUT2D eigenvalue weighted by molar-refractivity contribution is 5.32. The second-order valence-electron chi connectivity index (χ2n) is 2.98. The lowest BCUT2D eigenvalue weighted by atomic mass is 10.1. The average Bonchev–Trinajstić information content (AvgIpc) is 2.23. The molecule has 0 saturated carbocycles. The van der Waals surface area contributed by atoms with Gasteiger partial charge in [0.1, 0.15) is 6.10 Å². The van der Waals surface area contributed by atoms with Gasteiger partial charge < -0.3 is 9.84 Å². The number of phenolic OH excluding ortho intramolecular Hbond substituents is 1. The summed E-state index contributed by atoms with van der Waals surface area (Å²) in [6.07, 6.45) is 6.68. The van der Waals surface area contributed by atoms with E-state index < -0.39 is 5.82 Å². The van der Waals surface area contributed by atoms with Gasteiger partial charge in [-0.25, -0.2) is 4.39 Å². The molecule has 1 aliphatic heterocycles. The van der Waals surface area contributed by atoms with E-state index in [2.05, 4.69) is 0 Å².